The molecule has 0 atom stereocenters. The Balaban J connectivity index is 0.00000160. The predicted molar refractivity (Wildman–Crippen MR) is 129 cm³/mol. The number of benzene rings is 4. The molecule has 0 aliphatic carbocycles. The van der Waals surface area contributed by atoms with Crippen molar-refractivity contribution in [3.63, 3.8) is 0 Å². The number of halogens is 1. The smallest absolute Gasteiger partial charge is 0.238 e. The number of nitrogens with one attached hydrogen (secondary N) is 3. The summed E-state index contributed by atoms with van der Waals surface area (Å²) in [6, 6.07) is 28.5. The van der Waals surface area contributed by atoms with E-state index < -0.39 is 0 Å². The lowest BCUT2D eigenvalue weighted by Gasteiger charge is -2.11. The van der Waals surface area contributed by atoms with E-state index >= 15 is 0 Å². The Morgan fingerprint density at radius 2 is 1.20 bits per heavy atom. The number of amides is 1. The van der Waals surface area contributed by atoms with Crippen LogP contribution in [0.2, 0.25) is 0 Å². The number of carbonyl (C=O) groups excluding carboxylic acids is 1. The topological polar surface area (TPSA) is 84.7 Å². The van der Waals surface area contributed by atoms with Crippen molar-refractivity contribution in [2.45, 2.75) is 0 Å². The van der Waals surface area contributed by atoms with Gasteiger partial charge in [-0.25, -0.2) is 0 Å². The van der Waals surface area contributed by atoms with E-state index in [-0.39, 0.29) is 30.3 Å². The second kappa shape index (κ2) is 11.2. The van der Waals surface area contributed by atoms with E-state index in [0.717, 1.165) is 28.7 Å². The van der Waals surface area contributed by atoms with Gasteiger partial charge in [0.25, 0.3) is 0 Å². The van der Waals surface area contributed by atoms with Gasteiger partial charge >= 0.3 is 0 Å². The molecule has 0 aliphatic rings. The molecule has 0 unspecified atom stereocenters. The summed E-state index contributed by atoms with van der Waals surface area (Å²) < 4.78 is 0. The molecule has 4 aromatic rings. The van der Waals surface area contributed by atoms with Crippen LogP contribution in [0, 0.1) is 0 Å². The number of rotatable bonds is 7. The van der Waals surface area contributed by atoms with Crippen LogP contribution in [-0.2, 0) is 4.79 Å². The van der Waals surface area contributed by atoms with Gasteiger partial charge in [-0.05, 0) is 22.9 Å². The third-order valence-electron chi connectivity index (χ3n) is 4.76. The van der Waals surface area contributed by atoms with Gasteiger partial charge in [-0.15, -0.1) is 12.4 Å². The fourth-order valence-corrected chi connectivity index (χ4v) is 3.40. The van der Waals surface area contributed by atoms with E-state index in [1.807, 2.05) is 54.6 Å². The molecule has 4 rings (SSSR count). The van der Waals surface area contributed by atoms with Crippen molar-refractivity contribution in [3.05, 3.63) is 84.9 Å². The van der Waals surface area contributed by atoms with E-state index in [0.29, 0.717) is 6.54 Å². The zero-order valence-electron chi connectivity index (χ0n) is 16.5. The first-order chi connectivity index (χ1) is 13.8. The molecule has 0 bridgehead atoms. The van der Waals surface area contributed by atoms with Gasteiger partial charge in [-0.3, -0.25) is 4.79 Å². The third-order valence-corrected chi connectivity index (χ3v) is 4.76. The maximum absolute atomic E-state index is 12.3. The fraction of sp³-hybridized carbons (Fsp3) is 0.125. The molecule has 6 heteroatoms. The zero-order valence-corrected chi connectivity index (χ0v) is 17.3. The van der Waals surface area contributed by atoms with Gasteiger partial charge in [0.2, 0.25) is 5.91 Å². The molecule has 0 saturated heterocycles. The molecule has 0 heterocycles. The molecule has 0 radical (unpaired) electrons. The van der Waals surface area contributed by atoms with Crippen LogP contribution in [0.5, 0.6) is 0 Å². The van der Waals surface area contributed by atoms with Gasteiger partial charge < -0.3 is 21.4 Å². The highest BCUT2D eigenvalue weighted by Gasteiger charge is 2.05. The highest BCUT2D eigenvalue weighted by molar-refractivity contribution is 6.02. The Bertz CT molecular complexity index is 1110. The standard InChI is InChI=1S/C24H23N3O.ClH.H2O/c28-24(27-23-14-6-10-19-8-2-4-12-21(19)23)17-25-15-16-26-22-13-5-9-18-7-1-3-11-20(18)22;;/h1-14,25-26H,15-17H2,(H,27,28);1H;1H2. The number of carbonyl (C=O) groups is 1. The maximum atomic E-state index is 12.3. The van der Waals surface area contributed by atoms with Crippen molar-refractivity contribution >= 4 is 51.2 Å². The second-order valence-electron chi connectivity index (χ2n) is 6.71. The van der Waals surface area contributed by atoms with E-state index in [1.165, 1.54) is 10.8 Å². The van der Waals surface area contributed by atoms with Crippen LogP contribution in [0.25, 0.3) is 21.5 Å². The van der Waals surface area contributed by atoms with Gasteiger partial charge in [0, 0.05) is 35.2 Å². The van der Waals surface area contributed by atoms with Crippen molar-refractivity contribution in [1.29, 1.82) is 0 Å². The first kappa shape index (κ1) is 23.2. The van der Waals surface area contributed by atoms with Crippen LogP contribution in [0.1, 0.15) is 0 Å². The quantitative estimate of drug-likeness (QED) is 0.389. The molecular weight excluding hydrogens is 398 g/mol. The first-order valence-corrected chi connectivity index (χ1v) is 9.51. The monoisotopic (exact) mass is 423 g/mol. The Labute approximate surface area is 182 Å². The summed E-state index contributed by atoms with van der Waals surface area (Å²) in [7, 11) is 0. The largest absolute Gasteiger partial charge is 0.412 e. The van der Waals surface area contributed by atoms with E-state index in [2.05, 4.69) is 46.3 Å². The van der Waals surface area contributed by atoms with Crippen molar-refractivity contribution in [1.82, 2.24) is 5.32 Å². The maximum Gasteiger partial charge on any atom is 0.238 e. The summed E-state index contributed by atoms with van der Waals surface area (Å²) in [6.07, 6.45) is 0. The number of anilines is 2. The minimum atomic E-state index is -0.0403. The van der Waals surface area contributed by atoms with Crippen LogP contribution >= 0.6 is 12.4 Å². The van der Waals surface area contributed by atoms with Crippen LogP contribution < -0.4 is 16.0 Å². The third kappa shape index (κ3) is 5.48. The summed E-state index contributed by atoms with van der Waals surface area (Å²) in [5.41, 5.74) is 1.96. The van der Waals surface area contributed by atoms with E-state index in [4.69, 9.17) is 0 Å². The SMILES string of the molecule is Cl.O.O=C(CNCCNc1cccc2ccccc12)Nc1cccc2ccccc12. The first-order valence-electron chi connectivity index (χ1n) is 9.51. The summed E-state index contributed by atoms with van der Waals surface area (Å²) in [6.45, 7) is 1.72. The highest BCUT2D eigenvalue weighted by atomic mass is 35.5. The molecule has 0 fully saturated rings. The number of hydrogen-bond donors (Lipinski definition) is 3. The zero-order chi connectivity index (χ0) is 19.2. The molecule has 0 aromatic heterocycles. The normalized spacial score (nSPS) is 10.1. The molecule has 0 aliphatic heterocycles. The van der Waals surface area contributed by atoms with Crippen LogP contribution in [-0.4, -0.2) is 31.0 Å². The molecular formula is C24H26ClN3O2. The molecule has 0 saturated carbocycles. The molecule has 156 valence electrons. The summed E-state index contributed by atoms with van der Waals surface area (Å²) >= 11 is 0. The minimum absolute atomic E-state index is 0. The number of hydrogen-bond acceptors (Lipinski definition) is 3. The molecule has 5 nitrogen and oxygen atoms in total. The highest BCUT2D eigenvalue weighted by Crippen LogP contribution is 2.23. The Hall–Kier alpha value is -3.12. The average molecular weight is 424 g/mol. The van der Waals surface area contributed by atoms with Gasteiger partial charge in [-0.2, -0.15) is 0 Å². The lowest BCUT2D eigenvalue weighted by atomic mass is 10.1. The number of fused-ring (bicyclic) bond motifs is 2. The second-order valence-corrected chi connectivity index (χ2v) is 6.71. The van der Waals surface area contributed by atoms with Crippen molar-refractivity contribution in [2.75, 3.05) is 30.3 Å². The van der Waals surface area contributed by atoms with E-state index in [1.54, 1.807) is 0 Å². The Morgan fingerprint density at radius 3 is 1.87 bits per heavy atom. The Kier molecular flexibility index (Phi) is 8.62. The summed E-state index contributed by atoms with van der Waals surface area (Å²) in [4.78, 5) is 12.3. The molecule has 4 aromatic carbocycles. The Morgan fingerprint density at radius 1 is 0.667 bits per heavy atom. The molecule has 30 heavy (non-hydrogen) atoms. The van der Waals surface area contributed by atoms with Gasteiger partial charge in [-0.1, -0.05) is 72.8 Å². The van der Waals surface area contributed by atoms with Crippen LogP contribution in [0.4, 0.5) is 11.4 Å². The fourth-order valence-electron chi connectivity index (χ4n) is 3.40. The minimum Gasteiger partial charge on any atom is -0.412 e. The van der Waals surface area contributed by atoms with Crippen molar-refractivity contribution in [2.24, 2.45) is 0 Å². The van der Waals surface area contributed by atoms with Crippen LogP contribution in [0.15, 0.2) is 84.9 Å². The van der Waals surface area contributed by atoms with Gasteiger partial charge in [0.15, 0.2) is 0 Å². The van der Waals surface area contributed by atoms with Gasteiger partial charge in [0.05, 0.1) is 6.54 Å². The predicted octanol–water partition coefficient (Wildman–Crippen LogP) is 4.23. The van der Waals surface area contributed by atoms with Crippen molar-refractivity contribution < 1.29 is 10.3 Å². The lowest BCUT2D eigenvalue weighted by molar-refractivity contribution is -0.115. The molecule has 1 amide bonds. The summed E-state index contributed by atoms with van der Waals surface area (Å²) in [5.74, 6) is -0.0403. The molecule has 5 N–H and O–H groups in total. The van der Waals surface area contributed by atoms with Gasteiger partial charge in [0.1, 0.15) is 0 Å². The summed E-state index contributed by atoms with van der Waals surface area (Å²) in [5, 5.41) is 14.2. The van der Waals surface area contributed by atoms with E-state index in [9.17, 15) is 4.79 Å². The average Bonchev–Trinajstić information content (AvgIpc) is 2.74. The lowest BCUT2D eigenvalue weighted by Crippen LogP contribution is -2.31. The van der Waals surface area contributed by atoms with Crippen molar-refractivity contribution in [3.8, 4) is 0 Å². The molecule has 0 spiro atoms. The van der Waals surface area contributed by atoms with Crippen LogP contribution in [0.3, 0.4) is 0 Å².